The van der Waals surface area contributed by atoms with E-state index in [-0.39, 0.29) is 11.8 Å². The van der Waals surface area contributed by atoms with Crippen molar-refractivity contribution >= 4 is 28.7 Å². The Hall–Kier alpha value is -2.31. The molecule has 1 fully saturated rings. The quantitative estimate of drug-likeness (QED) is 0.791. The Kier molecular flexibility index (Phi) is 4.00. The number of benzene rings is 2. The van der Waals surface area contributed by atoms with Gasteiger partial charge in [0.25, 0.3) is 0 Å². The first-order valence-electron chi connectivity index (χ1n) is 7.92. The van der Waals surface area contributed by atoms with Crippen molar-refractivity contribution in [2.24, 2.45) is 5.92 Å². The van der Waals surface area contributed by atoms with E-state index in [1.807, 2.05) is 42.5 Å². The number of nitrogens with zero attached hydrogens (tertiary/aromatic N) is 3. The highest BCUT2D eigenvalue weighted by Crippen LogP contribution is 2.34. The van der Waals surface area contributed by atoms with Crippen LogP contribution in [0.3, 0.4) is 0 Å². The minimum Gasteiger partial charge on any atom is -0.481 e. The number of hydrogen-bond acceptors (Lipinski definition) is 5. The summed E-state index contributed by atoms with van der Waals surface area (Å²) in [5, 5.41) is 9.62. The second kappa shape index (κ2) is 6.30. The van der Waals surface area contributed by atoms with Crippen LogP contribution in [0.1, 0.15) is 17.0 Å². The largest absolute Gasteiger partial charge is 0.481 e. The van der Waals surface area contributed by atoms with Crippen molar-refractivity contribution in [2.75, 3.05) is 13.1 Å². The van der Waals surface area contributed by atoms with Gasteiger partial charge < -0.3 is 5.11 Å². The molecule has 1 N–H and O–H groups in total. The third-order valence-electron chi connectivity index (χ3n) is 4.70. The third kappa shape index (κ3) is 2.79. The Morgan fingerprint density at radius 3 is 2.75 bits per heavy atom. The molecular formula is C18H17N3O2S. The SMILES string of the molecule is O=C(O)[C@@H]1CN(Cc2cccc3nsnc23)C[C@@H]1c1ccccc1. The van der Waals surface area contributed by atoms with Crippen LogP contribution in [0.2, 0.25) is 0 Å². The van der Waals surface area contributed by atoms with Crippen LogP contribution < -0.4 is 0 Å². The smallest absolute Gasteiger partial charge is 0.308 e. The molecule has 6 heteroatoms. The molecule has 1 aliphatic heterocycles. The van der Waals surface area contributed by atoms with Crippen LogP contribution in [0.25, 0.3) is 11.0 Å². The average molecular weight is 339 g/mol. The lowest BCUT2D eigenvalue weighted by molar-refractivity contribution is -0.141. The van der Waals surface area contributed by atoms with Crippen molar-refractivity contribution < 1.29 is 9.90 Å². The molecule has 24 heavy (non-hydrogen) atoms. The van der Waals surface area contributed by atoms with E-state index in [1.165, 1.54) is 11.7 Å². The lowest BCUT2D eigenvalue weighted by atomic mass is 9.89. The average Bonchev–Trinajstić information content (AvgIpc) is 3.23. The molecule has 122 valence electrons. The lowest BCUT2D eigenvalue weighted by Gasteiger charge is -2.16. The van der Waals surface area contributed by atoms with Crippen molar-refractivity contribution in [2.45, 2.75) is 12.5 Å². The molecule has 2 heterocycles. The van der Waals surface area contributed by atoms with Crippen LogP contribution in [0, 0.1) is 5.92 Å². The van der Waals surface area contributed by atoms with Crippen LogP contribution in [0.4, 0.5) is 0 Å². The first-order chi connectivity index (χ1) is 11.7. The summed E-state index contributed by atoms with van der Waals surface area (Å²) < 4.78 is 8.66. The van der Waals surface area contributed by atoms with Gasteiger partial charge in [0.2, 0.25) is 0 Å². The molecular weight excluding hydrogens is 322 g/mol. The second-order valence-corrected chi connectivity index (χ2v) is 6.73. The number of carbonyl (C=O) groups is 1. The predicted molar refractivity (Wildman–Crippen MR) is 93.0 cm³/mol. The maximum Gasteiger partial charge on any atom is 0.308 e. The van der Waals surface area contributed by atoms with E-state index in [0.29, 0.717) is 13.1 Å². The highest BCUT2D eigenvalue weighted by Gasteiger charge is 2.38. The number of rotatable bonds is 4. The summed E-state index contributed by atoms with van der Waals surface area (Å²) >= 11 is 1.22. The fraction of sp³-hybridized carbons (Fsp3) is 0.278. The van der Waals surface area contributed by atoms with E-state index >= 15 is 0 Å². The van der Waals surface area contributed by atoms with Gasteiger partial charge in [0.05, 0.1) is 17.6 Å². The number of carboxylic acid groups (broad SMARTS) is 1. The lowest BCUT2D eigenvalue weighted by Crippen LogP contribution is -2.23. The number of likely N-dealkylation sites (tertiary alicyclic amines) is 1. The topological polar surface area (TPSA) is 66.3 Å². The molecule has 0 saturated carbocycles. The molecule has 5 nitrogen and oxygen atoms in total. The molecule has 0 amide bonds. The van der Waals surface area contributed by atoms with Crippen LogP contribution in [0.5, 0.6) is 0 Å². The Labute approximate surface area is 143 Å². The molecule has 0 spiro atoms. The molecule has 1 saturated heterocycles. The summed E-state index contributed by atoms with van der Waals surface area (Å²) in [6.07, 6.45) is 0. The molecule has 0 aliphatic carbocycles. The molecule has 0 unspecified atom stereocenters. The van der Waals surface area contributed by atoms with Gasteiger partial charge in [-0.15, -0.1) is 0 Å². The summed E-state index contributed by atoms with van der Waals surface area (Å²) in [4.78, 5) is 13.9. The highest BCUT2D eigenvalue weighted by molar-refractivity contribution is 7.00. The number of hydrogen-bond donors (Lipinski definition) is 1. The van der Waals surface area contributed by atoms with Gasteiger partial charge >= 0.3 is 5.97 Å². The molecule has 3 aromatic rings. The van der Waals surface area contributed by atoms with E-state index in [9.17, 15) is 9.90 Å². The van der Waals surface area contributed by atoms with E-state index in [1.54, 1.807) is 0 Å². The van der Waals surface area contributed by atoms with Gasteiger partial charge in [0.15, 0.2) is 0 Å². The van der Waals surface area contributed by atoms with E-state index in [0.717, 1.165) is 28.7 Å². The normalized spacial score (nSPS) is 21.3. The standard InChI is InChI=1S/C18H17N3O2S/c22-18(23)15-11-21(10-14(15)12-5-2-1-3-6-12)9-13-7-4-8-16-17(13)20-24-19-16/h1-8,14-15H,9-11H2,(H,22,23)/t14-,15-/m1/s1. The summed E-state index contributed by atoms with van der Waals surface area (Å²) in [6, 6.07) is 15.9. The summed E-state index contributed by atoms with van der Waals surface area (Å²) in [7, 11) is 0. The van der Waals surface area contributed by atoms with Crippen LogP contribution in [0.15, 0.2) is 48.5 Å². The Bertz CT molecular complexity index is 865. The molecule has 2 atom stereocenters. The maximum atomic E-state index is 11.7. The molecule has 0 bridgehead atoms. The summed E-state index contributed by atoms with van der Waals surface area (Å²) in [5.41, 5.74) is 4.05. The molecule has 4 rings (SSSR count). The fourth-order valence-corrected chi connectivity index (χ4v) is 4.10. The maximum absolute atomic E-state index is 11.7. The van der Waals surface area contributed by atoms with Crippen molar-refractivity contribution in [3.05, 3.63) is 59.7 Å². The Morgan fingerprint density at radius 2 is 1.96 bits per heavy atom. The van der Waals surface area contributed by atoms with Gasteiger partial charge in [-0.2, -0.15) is 8.75 Å². The number of carboxylic acids is 1. The number of aromatic nitrogens is 2. The van der Waals surface area contributed by atoms with Gasteiger partial charge in [0.1, 0.15) is 11.0 Å². The Balaban J connectivity index is 1.59. The van der Waals surface area contributed by atoms with Gasteiger partial charge in [-0.3, -0.25) is 9.69 Å². The first-order valence-corrected chi connectivity index (χ1v) is 8.65. The van der Waals surface area contributed by atoms with E-state index in [2.05, 4.69) is 19.7 Å². The van der Waals surface area contributed by atoms with E-state index in [4.69, 9.17) is 0 Å². The highest BCUT2D eigenvalue weighted by atomic mass is 32.1. The van der Waals surface area contributed by atoms with Crippen molar-refractivity contribution in [3.63, 3.8) is 0 Å². The van der Waals surface area contributed by atoms with Crippen molar-refractivity contribution in [1.82, 2.24) is 13.6 Å². The van der Waals surface area contributed by atoms with Gasteiger partial charge in [-0.25, -0.2) is 0 Å². The first kappa shape index (κ1) is 15.2. The molecule has 1 aliphatic rings. The third-order valence-corrected chi connectivity index (χ3v) is 5.25. The molecule has 0 radical (unpaired) electrons. The van der Waals surface area contributed by atoms with Crippen LogP contribution in [-0.2, 0) is 11.3 Å². The van der Waals surface area contributed by atoms with Crippen molar-refractivity contribution in [1.29, 1.82) is 0 Å². The zero-order valence-electron chi connectivity index (χ0n) is 13.0. The van der Waals surface area contributed by atoms with Gasteiger partial charge in [0, 0.05) is 25.6 Å². The molecule has 1 aromatic heterocycles. The summed E-state index contributed by atoms with van der Waals surface area (Å²) in [6.45, 7) is 2.01. The second-order valence-electron chi connectivity index (χ2n) is 6.21. The van der Waals surface area contributed by atoms with Crippen molar-refractivity contribution in [3.8, 4) is 0 Å². The molecule has 2 aromatic carbocycles. The minimum atomic E-state index is -0.722. The summed E-state index contributed by atoms with van der Waals surface area (Å²) in [5.74, 6) is -1.07. The number of fused-ring (bicyclic) bond motifs is 1. The van der Waals surface area contributed by atoms with Gasteiger partial charge in [-0.05, 0) is 17.2 Å². The van der Waals surface area contributed by atoms with E-state index < -0.39 is 5.97 Å². The minimum absolute atomic E-state index is 0.0245. The predicted octanol–water partition coefficient (Wildman–Crippen LogP) is 2.99. The fourth-order valence-electron chi connectivity index (χ4n) is 3.53. The Morgan fingerprint density at radius 1 is 1.12 bits per heavy atom. The zero-order chi connectivity index (χ0) is 16.5. The monoisotopic (exact) mass is 339 g/mol. The van der Waals surface area contributed by atoms with Crippen LogP contribution >= 0.6 is 11.7 Å². The van der Waals surface area contributed by atoms with Crippen LogP contribution in [-0.4, -0.2) is 37.8 Å². The van der Waals surface area contributed by atoms with Gasteiger partial charge in [-0.1, -0.05) is 42.5 Å². The number of aliphatic carboxylic acids is 1. The zero-order valence-corrected chi connectivity index (χ0v) is 13.8.